The minimum atomic E-state index is 0.146. The van der Waals surface area contributed by atoms with Crippen molar-refractivity contribution in [1.82, 2.24) is 0 Å². The van der Waals surface area contributed by atoms with Crippen molar-refractivity contribution in [2.45, 2.75) is 58.8 Å². The van der Waals surface area contributed by atoms with E-state index in [0.717, 1.165) is 22.5 Å². The Kier molecular flexibility index (Phi) is 5.05. The first-order valence-electron chi connectivity index (χ1n) is 7.73. The molecule has 0 saturated heterocycles. The fraction of sp³-hybridized carbons (Fsp3) is 0.588. The number of aryl methyl sites for hydroxylation is 2. The molecule has 0 atom stereocenters. The average molecular weight is 274 g/mol. The number of nitrogens with two attached hydrogens (primary N) is 1. The van der Waals surface area contributed by atoms with Crippen LogP contribution in [0.5, 0.6) is 0 Å². The van der Waals surface area contributed by atoms with Crippen molar-refractivity contribution in [2.24, 2.45) is 5.92 Å². The lowest BCUT2D eigenvalue weighted by atomic mass is 9.96. The molecule has 0 aliphatic heterocycles. The fourth-order valence-electron chi connectivity index (χ4n) is 3.21. The zero-order chi connectivity index (χ0) is 14.5. The van der Waals surface area contributed by atoms with E-state index >= 15 is 0 Å². The van der Waals surface area contributed by atoms with Crippen LogP contribution in [0.25, 0.3) is 0 Å². The molecule has 0 heterocycles. The molecule has 3 N–H and O–H groups in total. The summed E-state index contributed by atoms with van der Waals surface area (Å²) in [6, 6.07) is 3.82. The average Bonchev–Trinajstić information content (AvgIpc) is 2.62. The first kappa shape index (κ1) is 14.9. The predicted molar refractivity (Wildman–Crippen MR) is 84.8 cm³/mol. The second-order valence-corrected chi connectivity index (χ2v) is 6.14. The molecule has 0 aromatic heterocycles. The summed E-state index contributed by atoms with van der Waals surface area (Å²) in [5, 5.41) is 3.08. The summed E-state index contributed by atoms with van der Waals surface area (Å²) < 4.78 is 0. The van der Waals surface area contributed by atoms with Gasteiger partial charge < -0.3 is 11.1 Å². The van der Waals surface area contributed by atoms with Crippen molar-refractivity contribution in [1.29, 1.82) is 0 Å². The van der Waals surface area contributed by atoms with Gasteiger partial charge in [0.25, 0.3) is 0 Å². The minimum Gasteiger partial charge on any atom is -0.399 e. The Hall–Kier alpha value is -1.51. The van der Waals surface area contributed by atoms with E-state index in [1.165, 1.54) is 38.5 Å². The molecule has 20 heavy (non-hydrogen) atoms. The van der Waals surface area contributed by atoms with Gasteiger partial charge in [-0.25, -0.2) is 0 Å². The summed E-state index contributed by atoms with van der Waals surface area (Å²) in [6.07, 6.45) is 8.27. The molecule has 3 nitrogen and oxygen atoms in total. The van der Waals surface area contributed by atoms with Crippen LogP contribution in [0.2, 0.25) is 0 Å². The molecule has 1 aromatic carbocycles. The second kappa shape index (κ2) is 6.78. The van der Waals surface area contributed by atoms with Gasteiger partial charge in [0.2, 0.25) is 5.91 Å². The van der Waals surface area contributed by atoms with Gasteiger partial charge in [0.15, 0.2) is 0 Å². The quantitative estimate of drug-likeness (QED) is 0.641. The standard InChI is InChI=1S/C17H26N2O/c1-12-9-15(18)10-13(2)17(12)19-16(20)11-14-7-5-3-4-6-8-14/h9-10,14H,3-8,11,18H2,1-2H3,(H,19,20). The number of amides is 1. The molecule has 1 saturated carbocycles. The highest BCUT2D eigenvalue weighted by Crippen LogP contribution is 2.27. The van der Waals surface area contributed by atoms with Crippen LogP contribution in [0, 0.1) is 19.8 Å². The summed E-state index contributed by atoms with van der Waals surface area (Å²) >= 11 is 0. The molecule has 3 heteroatoms. The molecule has 1 amide bonds. The molecule has 1 aromatic rings. The number of hydrogen-bond acceptors (Lipinski definition) is 2. The molecule has 0 unspecified atom stereocenters. The minimum absolute atomic E-state index is 0.146. The Morgan fingerprint density at radius 2 is 1.70 bits per heavy atom. The maximum atomic E-state index is 12.2. The van der Waals surface area contributed by atoms with Crippen molar-refractivity contribution in [2.75, 3.05) is 11.1 Å². The molecule has 0 radical (unpaired) electrons. The van der Waals surface area contributed by atoms with Gasteiger partial charge in [-0.3, -0.25) is 4.79 Å². The molecular formula is C17H26N2O. The Labute approximate surface area is 121 Å². The fourth-order valence-corrected chi connectivity index (χ4v) is 3.21. The van der Waals surface area contributed by atoms with Crippen molar-refractivity contribution in [3.63, 3.8) is 0 Å². The third-order valence-corrected chi connectivity index (χ3v) is 4.27. The van der Waals surface area contributed by atoms with Gasteiger partial charge in [-0.15, -0.1) is 0 Å². The van der Waals surface area contributed by atoms with Gasteiger partial charge in [-0.2, -0.15) is 0 Å². The molecular weight excluding hydrogens is 248 g/mol. The van der Waals surface area contributed by atoms with Crippen LogP contribution in [0.1, 0.15) is 56.1 Å². The highest BCUT2D eigenvalue weighted by Gasteiger charge is 2.17. The highest BCUT2D eigenvalue weighted by atomic mass is 16.1. The van der Waals surface area contributed by atoms with E-state index in [1.54, 1.807) is 0 Å². The smallest absolute Gasteiger partial charge is 0.224 e. The Bertz CT molecular complexity index is 451. The molecule has 2 rings (SSSR count). The second-order valence-electron chi connectivity index (χ2n) is 6.14. The molecule has 110 valence electrons. The maximum Gasteiger partial charge on any atom is 0.224 e. The lowest BCUT2D eigenvalue weighted by molar-refractivity contribution is -0.117. The first-order chi connectivity index (χ1) is 9.56. The number of rotatable bonds is 3. The summed E-state index contributed by atoms with van der Waals surface area (Å²) in [5.74, 6) is 0.708. The van der Waals surface area contributed by atoms with E-state index in [-0.39, 0.29) is 5.91 Å². The largest absolute Gasteiger partial charge is 0.399 e. The lowest BCUT2D eigenvalue weighted by Gasteiger charge is -2.16. The van der Waals surface area contributed by atoms with Gasteiger partial charge >= 0.3 is 0 Å². The number of benzene rings is 1. The maximum absolute atomic E-state index is 12.2. The molecule has 1 aliphatic rings. The molecule has 0 bridgehead atoms. The zero-order valence-electron chi connectivity index (χ0n) is 12.7. The van der Waals surface area contributed by atoms with Crippen LogP contribution in [-0.4, -0.2) is 5.91 Å². The van der Waals surface area contributed by atoms with Gasteiger partial charge in [0, 0.05) is 17.8 Å². The van der Waals surface area contributed by atoms with Crippen LogP contribution < -0.4 is 11.1 Å². The van der Waals surface area contributed by atoms with Gasteiger partial charge in [0.1, 0.15) is 0 Å². The first-order valence-corrected chi connectivity index (χ1v) is 7.73. The van der Waals surface area contributed by atoms with Gasteiger partial charge in [-0.1, -0.05) is 25.7 Å². The van der Waals surface area contributed by atoms with Crippen LogP contribution in [-0.2, 0) is 4.79 Å². The van der Waals surface area contributed by atoms with Gasteiger partial charge in [0.05, 0.1) is 0 Å². The van der Waals surface area contributed by atoms with E-state index in [1.807, 2.05) is 26.0 Å². The van der Waals surface area contributed by atoms with Crippen molar-refractivity contribution < 1.29 is 4.79 Å². The lowest BCUT2D eigenvalue weighted by Crippen LogP contribution is -2.17. The highest BCUT2D eigenvalue weighted by molar-refractivity contribution is 5.92. The summed E-state index contributed by atoms with van der Waals surface area (Å²) in [4.78, 5) is 12.2. The summed E-state index contributed by atoms with van der Waals surface area (Å²) in [5.41, 5.74) is 9.57. The third-order valence-electron chi connectivity index (χ3n) is 4.27. The Morgan fingerprint density at radius 3 is 2.25 bits per heavy atom. The monoisotopic (exact) mass is 274 g/mol. The molecule has 0 spiro atoms. The van der Waals surface area contributed by atoms with Crippen LogP contribution in [0.15, 0.2) is 12.1 Å². The zero-order valence-corrected chi connectivity index (χ0v) is 12.7. The van der Waals surface area contributed by atoms with Crippen molar-refractivity contribution in [3.05, 3.63) is 23.3 Å². The Balaban J connectivity index is 1.97. The van der Waals surface area contributed by atoms with E-state index in [0.29, 0.717) is 12.3 Å². The molecule has 1 aliphatic carbocycles. The number of nitrogen functional groups attached to an aromatic ring is 1. The normalized spacial score (nSPS) is 16.7. The molecule has 1 fully saturated rings. The SMILES string of the molecule is Cc1cc(N)cc(C)c1NC(=O)CC1CCCCCC1. The van der Waals surface area contributed by atoms with Crippen molar-refractivity contribution in [3.8, 4) is 0 Å². The summed E-state index contributed by atoms with van der Waals surface area (Å²) in [6.45, 7) is 3.98. The van der Waals surface area contributed by atoms with Crippen molar-refractivity contribution >= 4 is 17.3 Å². The van der Waals surface area contributed by atoms with E-state index in [9.17, 15) is 4.79 Å². The number of nitrogens with one attached hydrogen (secondary N) is 1. The van der Waals surface area contributed by atoms with Crippen LogP contribution in [0.3, 0.4) is 0 Å². The third kappa shape index (κ3) is 3.99. The number of anilines is 2. The van der Waals surface area contributed by atoms with Crippen LogP contribution >= 0.6 is 0 Å². The van der Waals surface area contributed by atoms with Crippen LogP contribution in [0.4, 0.5) is 11.4 Å². The van der Waals surface area contributed by atoms with Gasteiger partial charge in [-0.05, 0) is 55.9 Å². The van der Waals surface area contributed by atoms with E-state index < -0.39 is 0 Å². The Morgan fingerprint density at radius 1 is 1.15 bits per heavy atom. The summed E-state index contributed by atoms with van der Waals surface area (Å²) in [7, 11) is 0. The number of hydrogen-bond donors (Lipinski definition) is 2. The number of carbonyl (C=O) groups excluding carboxylic acids is 1. The van der Waals surface area contributed by atoms with E-state index in [4.69, 9.17) is 5.73 Å². The topological polar surface area (TPSA) is 55.1 Å². The predicted octanol–water partition coefficient (Wildman–Crippen LogP) is 4.18. The number of carbonyl (C=O) groups is 1. The van der Waals surface area contributed by atoms with E-state index in [2.05, 4.69) is 5.32 Å².